The van der Waals surface area contributed by atoms with E-state index >= 15 is 0 Å². The number of aliphatic hydroxyl groups is 1. The molecule has 97 heavy (non-hydrogen) atoms. The highest BCUT2D eigenvalue weighted by atomic mass is 31.2. The van der Waals surface area contributed by atoms with Crippen molar-refractivity contribution in [1.82, 2.24) is 0 Å². The molecule has 0 saturated heterocycles. The zero-order chi connectivity index (χ0) is 71.7. The standard InChI is InChI=1S/C78H152O17P2/c1-9-69(6)55-47-39-30-24-20-18-16-14-12-13-15-17-19-21-27-34-44-52-60-77(82)94-74(65-89-76(81)59-51-43-37-36-38-46-54-68(4)5)67-93-97(86,87)91-63-72(79)62-90-96(84,85)92-66-73(95-78(83)61-53-45-35-29-28-32-41-49-57-71(8)11-3)64-88-75(80)58-50-42-33-26-23-22-25-31-40-48-56-70(7)10-2/h68-74,79H,9-67H2,1-8H3,(H,84,85)(H,86,87)/t69?,70?,71?,72-,73-,74-/m1/s1. The van der Waals surface area contributed by atoms with Crippen molar-refractivity contribution in [1.29, 1.82) is 0 Å². The van der Waals surface area contributed by atoms with Gasteiger partial charge in [-0.3, -0.25) is 37.3 Å². The first-order valence-corrected chi connectivity index (χ1v) is 43.3. The lowest BCUT2D eigenvalue weighted by Crippen LogP contribution is -2.30. The van der Waals surface area contributed by atoms with Gasteiger partial charge < -0.3 is 33.8 Å². The maximum atomic E-state index is 13.1. The molecule has 0 fully saturated rings. The van der Waals surface area contributed by atoms with Crippen molar-refractivity contribution in [3.8, 4) is 0 Å². The average molecular weight is 1420 g/mol. The highest BCUT2D eigenvalue weighted by molar-refractivity contribution is 7.47. The van der Waals surface area contributed by atoms with E-state index < -0.39 is 97.5 Å². The molecule has 17 nitrogen and oxygen atoms in total. The van der Waals surface area contributed by atoms with Crippen molar-refractivity contribution in [2.24, 2.45) is 23.7 Å². The topological polar surface area (TPSA) is 237 Å². The van der Waals surface area contributed by atoms with Gasteiger partial charge in [0, 0.05) is 25.7 Å². The van der Waals surface area contributed by atoms with Gasteiger partial charge in [-0.05, 0) is 49.4 Å². The molecule has 5 unspecified atom stereocenters. The quantitative estimate of drug-likeness (QED) is 0.0222. The van der Waals surface area contributed by atoms with Crippen LogP contribution in [0.4, 0.5) is 0 Å². The first-order chi connectivity index (χ1) is 46.7. The normalized spacial score (nSPS) is 14.9. The molecule has 0 aromatic carbocycles. The van der Waals surface area contributed by atoms with Crippen LogP contribution in [0.2, 0.25) is 0 Å². The molecule has 19 heteroatoms. The fourth-order valence-electron chi connectivity index (χ4n) is 11.8. The third-order valence-corrected chi connectivity index (χ3v) is 21.1. The van der Waals surface area contributed by atoms with Gasteiger partial charge in [0.1, 0.15) is 19.3 Å². The van der Waals surface area contributed by atoms with Crippen LogP contribution in [-0.4, -0.2) is 96.7 Å². The zero-order valence-corrected chi connectivity index (χ0v) is 65.5. The van der Waals surface area contributed by atoms with Gasteiger partial charge in [-0.25, -0.2) is 9.13 Å². The van der Waals surface area contributed by atoms with Gasteiger partial charge in [-0.15, -0.1) is 0 Å². The largest absolute Gasteiger partial charge is 0.472 e. The van der Waals surface area contributed by atoms with Crippen LogP contribution in [0.5, 0.6) is 0 Å². The summed E-state index contributed by atoms with van der Waals surface area (Å²) in [5.74, 6) is 1.01. The zero-order valence-electron chi connectivity index (χ0n) is 63.7. The highest BCUT2D eigenvalue weighted by Crippen LogP contribution is 2.45. The molecule has 0 aromatic heterocycles. The van der Waals surface area contributed by atoms with E-state index in [4.69, 9.17) is 37.0 Å². The second kappa shape index (κ2) is 67.2. The van der Waals surface area contributed by atoms with Gasteiger partial charge in [-0.2, -0.15) is 0 Å². The summed E-state index contributed by atoms with van der Waals surface area (Å²) in [5, 5.41) is 10.6. The van der Waals surface area contributed by atoms with Crippen LogP contribution in [0.25, 0.3) is 0 Å². The Morgan fingerprint density at radius 1 is 0.289 bits per heavy atom. The molecule has 0 spiro atoms. The second-order valence-electron chi connectivity index (χ2n) is 29.3. The number of hydrogen-bond donors (Lipinski definition) is 3. The number of ether oxygens (including phenoxy) is 4. The predicted molar refractivity (Wildman–Crippen MR) is 395 cm³/mol. The van der Waals surface area contributed by atoms with Gasteiger partial charge >= 0.3 is 39.5 Å². The number of unbranched alkanes of at least 4 members (excludes halogenated alkanes) is 38. The minimum absolute atomic E-state index is 0.104. The van der Waals surface area contributed by atoms with Crippen molar-refractivity contribution < 1.29 is 80.2 Å². The molecule has 0 aliphatic carbocycles. The summed E-state index contributed by atoms with van der Waals surface area (Å²) in [4.78, 5) is 72.8. The maximum absolute atomic E-state index is 13.1. The summed E-state index contributed by atoms with van der Waals surface area (Å²) in [6.45, 7) is 14.2. The van der Waals surface area contributed by atoms with Gasteiger partial charge in [0.15, 0.2) is 12.2 Å². The van der Waals surface area contributed by atoms with E-state index in [1.165, 1.54) is 193 Å². The minimum atomic E-state index is -4.96. The van der Waals surface area contributed by atoms with Crippen LogP contribution in [0.1, 0.15) is 396 Å². The molecule has 3 N–H and O–H groups in total. The average Bonchev–Trinajstić information content (AvgIpc) is 2.09. The predicted octanol–water partition coefficient (Wildman–Crippen LogP) is 22.8. The SMILES string of the molecule is CCC(C)CCCCCCCCCCCCCCCCCCCCC(=O)O[C@H](COC(=O)CCCCCCCCC(C)C)COP(=O)(O)OC[C@H](O)COP(=O)(O)OC[C@@H](COC(=O)CCCCCCCCCCCCC(C)CC)OC(=O)CCCCCCCCCCC(C)CC. The van der Waals surface area contributed by atoms with Gasteiger partial charge in [-0.1, -0.05) is 344 Å². The molecule has 576 valence electrons. The summed E-state index contributed by atoms with van der Waals surface area (Å²) in [6.07, 6.45) is 52.8. The van der Waals surface area contributed by atoms with E-state index in [0.29, 0.717) is 31.6 Å². The summed E-state index contributed by atoms with van der Waals surface area (Å²) in [7, 11) is -9.91. The summed E-state index contributed by atoms with van der Waals surface area (Å²) in [6, 6.07) is 0. The number of hydrogen-bond acceptors (Lipinski definition) is 15. The summed E-state index contributed by atoms with van der Waals surface area (Å²) in [5.41, 5.74) is 0. The molecule has 0 bridgehead atoms. The fraction of sp³-hybridized carbons (Fsp3) is 0.949. The molecule has 0 rings (SSSR count). The summed E-state index contributed by atoms with van der Waals surface area (Å²) >= 11 is 0. The monoisotopic (exact) mass is 1420 g/mol. The van der Waals surface area contributed by atoms with Crippen LogP contribution in [-0.2, 0) is 65.4 Å². The van der Waals surface area contributed by atoms with Gasteiger partial charge in [0.2, 0.25) is 0 Å². The lowest BCUT2D eigenvalue weighted by Gasteiger charge is -2.21. The first kappa shape index (κ1) is 95.1. The Labute approximate surface area is 594 Å². The maximum Gasteiger partial charge on any atom is 0.472 e. The second-order valence-corrected chi connectivity index (χ2v) is 32.2. The third-order valence-electron chi connectivity index (χ3n) is 19.2. The molecule has 0 aliphatic rings. The number of carbonyl (C=O) groups is 4. The molecular weight excluding hydrogens is 1270 g/mol. The van der Waals surface area contributed by atoms with Gasteiger partial charge in [0.25, 0.3) is 0 Å². The molecule has 0 radical (unpaired) electrons. The van der Waals surface area contributed by atoms with Gasteiger partial charge in [0.05, 0.1) is 26.4 Å². The molecular formula is C78H152O17P2. The fourth-order valence-corrected chi connectivity index (χ4v) is 13.4. The Balaban J connectivity index is 5.17. The molecule has 0 saturated carbocycles. The smallest absolute Gasteiger partial charge is 0.462 e. The number of rotatable bonds is 75. The highest BCUT2D eigenvalue weighted by Gasteiger charge is 2.30. The third kappa shape index (κ3) is 68.3. The first-order valence-electron chi connectivity index (χ1n) is 40.3. The van der Waals surface area contributed by atoms with E-state index in [9.17, 15) is 43.2 Å². The van der Waals surface area contributed by atoms with Crippen molar-refractivity contribution >= 4 is 39.5 Å². The molecule has 0 aromatic rings. The van der Waals surface area contributed by atoms with Crippen molar-refractivity contribution in [2.45, 2.75) is 414 Å². The number of phosphoric acid groups is 2. The Hall–Kier alpha value is -1.94. The molecule has 0 amide bonds. The lowest BCUT2D eigenvalue weighted by atomic mass is 9.99. The summed E-state index contributed by atoms with van der Waals surface area (Å²) < 4.78 is 68.5. The van der Waals surface area contributed by atoms with E-state index in [0.717, 1.165) is 114 Å². The van der Waals surface area contributed by atoms with E-state index in [1.807, 2.05) is 0 Å². The van der Waals surface area contributed by atoms with Crippen molar-refractivity contribution in [3.63, 3.8) is 0 Å². The van der Waals surface area contributed by atoms with Crippen molar-refractivity contribution in [2.75, 3.05) is 39.6 Å². The van der Waals surface area contributed by atoms with Crippen LogP contribution in [0.15, 0.2) is 0 Å². The number of aliphatic hydroxyl groups excluding tert-OH is 1. The van der Waals surface area contributed by atoms with Crippen LogP contribution < -0.4 is 0 Å². The van der Waals surface area contributed by atoms with Crippen LogP contribution in [0, 0.1) is 23.7 Å². The number of phosphoric ester groups is 2. The van der Waals surface area contributed by atoms with Crippen LogP contribution in [0.3, 0.4) is 0 Å². The Morgan fingerprint density at radius 2 is 0.495 bits per heavy atom. The number of esters is 4. The minimum Gasteiger partial charge on any atom is -0.462 e. The Bertz CT molecular complexity index is 1910. The Morgan fingerprint density at radius 3 is 0.732 bits per heavy atom. The van der Waals surface area contributed by atoms with E-state index in [1.54, 1.807) is 0 Å². The molecule has 8 atom stereocenters. The molecule has 0 heterocycles. The lowest BCUT2D eigenvalue weighted by molar-refractivity contribution is -0.161. The van der Waals surface area contributed by atoms with E-state index in [2.05, 4.69) is 55.4 Å². The van der Waals surface area contributed by atoms with Crippen molar-refractivity contribution in [3.05, 3.63) is 0 Å². The van der Waals surface area contributed by atoms with Crippen LogP contribution >= 0.6 is 15.6 Å². The molecule has 0 aliphatic heterocycles. The Kier molecular flexibility index (Phi) is 65.9. The number of carbonyl (C=O) groups excluding carboxylic acids is 4. The van der Waals surface area contributed by atoms with E-state index in [-0.39, 0.29) is 25.7 Å².